The van der Waals surface area contributed by atoms with E-state index >= 15 is 0 Å². The molecule has 0 aromatic carbocycles. The van der Waals surface area contributed by atoms with Gasteiger partial charge in [-0.3, -0.25) is 9.59 Å². The number of carbonyl (C=O) groups excluding carboxylic acids is 2. The second-order valence-electron chi connectivity index (χ2n) is 7.06. The summed E-state index contributed by atoms with van der Waals surface area (Å²) in [4.78, 5) is 24.0. The lowest BCUT2D eigenvalue weighted by molar-refractivity contribution is -0.145. The van der Waals surface area contributed by atoms with Crippen LogP contribution < -0.4 is 0 Å². The minimum atomic E-state index is -0.0984. The van der Waals surface area contributed by atoms with E-state index in [0.717, 1.165) is 32.1 Å². The van der Waals surface area contributed by atoms with Crippen molar-refractivity contribution >= 4 is 11.8 Å². The van der Waals surface area contributed by atoms with Crippen LogP contribution in [-0.2, 0) is 14.3 Å². The summed E-state index contributed by atoms with van der Waals surface area (Å²) < 4.78 is 5.37. The summed E-state index contributed by atoms with van der Waals surface area (Å²) in [6.07, 6.45) is 13.6. The number of hydrogen-bond acceptors (Lipinski definition) is 3. The van der Waals surface area contributed by atoms with E-state index in [1.807, 2.05) is 0 Å². The molecule has 1 aliphatic rings. The third-order valence-corrected chi connectivity index (χ3v) is 5.05. The van der Waals surface area contributed by atoms with Crippen molar-refractivity contribution in [2.24, 2.45) is 11.8 Å². The number of ether oxygens (including phenoxy) is 1. The van der Waals surface area contributed by atoms with Crippen LogP contribution in [0.15, 0.2) is 0 Å². The summed E-state index contributed by atoms with van der Waals surface area (Å²) >= 11 is 0. The Morgan fingerprint density at radius 1 is 1.00 bits per heavy atom. The van der Waals surface area contributed by atoms with Gasteiger partial charge in [-0.2, -0.15) is 0 Å². The first-order valence-electron chi connectivity index (χ1n) is 9.87. The molecular formula is C20H36O3. The predicted octanol–water partition coefficient (Wildman–Crippen LogP) is 5.46. The van der Waals surface area contributed by atoms with Gasteiger partial charge in [0, 0.05) is 18.8 Å². The molecule has 2 atom stereocenters. The summed E-state index contributed by atoms with van der Waals surface area (Å²) in [6, 6.07) is 0. The van der Waals surface area contributed by atoms with Crippen LogP contribution >= 0.6 is 0 Å². The van der Waals surface area contributed by atoms with Crippen molar-refractivity contribution in [3.63, 3.8) is 0 Å². The molecular weight excluding hydrogens is 288 g/mol. The molecule has 0 heterocycles. The summed E-state index contributed by atoms with van der Waals surface area (Å²) in [5.74, 6) is 0.619. The van der Waals surface area contributed by atoms with Crippen molar-refractivity contribution in [3.05, 3.63) is 0 Å². The van der Waals surface area contributed by atoms with E-state index in [1.165, 1.54) is 38.5 Å². The molecule has 134 valence electrons. The third-order valence-electron chi connectivity index (χ3n) is 5.05. The quantitative estimate of drug-likeness (QED) is 0.334. The van der Waals surface area contributed by atoms with Gasteiger partial charge in [-0.15, -0.1) is 0 Å². The molecule has 1 fully saturated rings. The molecule has 23 heavy (non-hydrogen) atoms. The van der Waals surface area contributed by atoms with Crippen LogP contribution in [0.1, 0.15) is 97.3 Å². The van der Waals surface area contributed by atoms with E-state index in [2.05, 4.69) is 13.8 Å². The van der Waals surface area contributed by atoms with E-state index in [1.54, 1.807) is 0 Å². The van der Waals surface area contributed by atoms with Crippen LogP contribution in [0.4, 0.5) is 0 Å². The van der Waals surface area contributed by atoms with Gasteiger partial charge < -0.3 is 4.74 Å². The van der Waals surface area contributed by atoms with Crippen molar-refractivity contribution in [2.45, 2.75) is 97.3 Å². The molecule has 2 unspecified atom stereocenters. The molecule has 0 aromatic rings. The maximum Gasteiger partial charge on any atom is 0.306 e. The van der Waals surface area contributed by atoms with Crippen LogP contribution in [-0.4, -0.2) is 18.4 Å². The zero-order chi connectivity index (χ0) is 16.9. The van der Waals surface area contributed by atoms with Gasteiger partial charge in [0.2, 0.25) is 0 Å². The molecule has 0 radical (unpaired) electrons. The number of esters is 1. The van der Waals surface area contributed by atoms with E-state index in [-0.39, 0.29) is 17.8 Å². The van der Waals surface area contributed by atoms with Crippen LogP contribution in [0, 0.1) is 11.8 Å². The topological polar surface area (TPSA) is 43.4 Å². The smallest absolute Gasteiger partial charge is 0.306 e. The van der Waals surface area contributed by atoms with Gasteiger partial charge in [-0.25, -0.2) is 0 Å². The molecule has 3 nitrogen and oxygen atoms in total. The van der Waals surface area contributed by atoms with E-state index < -0.39 is 0 Å². The maximum atomic E-state index is 12.0. The average Bonchev–Trinajstić information content (AvgIpc) is 2.87. The second-order valence-corrected chi connectivity index (χ2v) is 7.06. The molecule has 0 amide bonds. The first-order chi connectivity index (χ1) is 11.2. The normalized spacial score (nSPS) is 20.9. The molecule has 0 bridgehead atoms. The standard InChI is InChI=1S/C20H36O3/c1-3-5-7-8-9-11-15-23-20(22)16-17-13-14-19(21)18(17)12-10-6-4-2/h17-18H,3-16H2,1-2H3. The Bertz CT molecular complexity index is 338. The Labute approximate surface area is 142 Å². The third kappa shape index (κ3) is 8.53. The molecule has 3 heteroatoms. The van der Waals surface area contributed by atoms with Gasteiger partial charge in [0.25, 0.3) is 0 Å². The minimum absolute atomic E-state index is 0.0984. The molecule has 0 aliphatic heterocycles. The molecule has 0 aromatic heterocycles. The highest BCUT2D eigenvalue weighted by Crippen LogP contribution is 2.35. The van der Waals surface area contributed by atoms with Crippen LogP contribution in [0.3, 0.4) is 0 Å². The first kappa shape index (κ1) is 20.2. The molecule has 0 saturated heterocycles. The Morgan fingerprint density at radius 2 is 1.65 bits per heavy atom. The Morgan fingerprint density at radius 3 is 2.39 bits per heavy atom. The van der Waals surface area contributed by atoms with Crippen LogP contribution in [0.25, 0.3) is 0 Å². The fraction of sp³-hybridized carbons (Fsp3) is 0.900. The second kappa shape index (κ2) is 12.5. The zero-order valence-electron chi connectivity index (χ0n) is 15.3. The average molecular weight is 325 g/mol. The van der Waals surface area contributed by atoms with Crippen molar-refractivity contribution in [3.8, 4) is 0 Å². The van der Waals surface area contributed by atoms with Crippen LogP contribution in [0.5, 0.6) is 0 Å². The van der Waals surface area contributed by atoms with Gasteiger partial charge in [-0.1, -0.05) is 65.2 Å². The highest BCUT2D eigenvalue weighted by molar-refractivity contribution is 5.84. The zero-order valence-corrected chi connectivity index (χ0v) is 15.3. The van der Waals surface area contributed by atoms with Gasteiger partial charge in [-0.05, 0) is 25.2 Å². The molecule has 1 saturated carbocycles. The number of carbonyl (C=O) groups is 2. The minimum Gasteiger partial charge on any atom is -0.466 e. The lowest BCUT2D eigenvalue weighted by Crippen LogP contribution is -2.19. The fourth-order valence-electron chi connectivity index (χ4n) is 3.57. The van der Waals surface area contributed by atoms with E-state index in [0.29, 0.717) is 25.2 Å². The molecule has 0 spiro atoms. The SMILES string of the molecule is CCCCCCCCOC(=O)CC1CCC(=O)C1CCCCC. The number of ketones is 1. The number of Topliss-reactive ketones (excluding diaryl/α,β-unsaturated/α-hetero) is 1. The number of unbranched alkanes of at least 4 members (excludes halogenated alkanes) is 7. The lowest BCUT2D eigenvalue weighted by atomic mass is 9.88. The van der Waals surface area contributed by atoms with Gasteiger partial charge >= 0.3 is 5.97 Å². The van der Waals surface area contributed by atoms with Gasteiger partial charge in [0.15, 0.2) is 0 Å². The predicted molar refractivity (Wildman–Crippen MR) is 94.3 cm³/mol. The number of rotatable bonds is 13. The summed E-state index contributed by atoms with van der Waals surface area (Å²) in [5.41, 5.74) is 0. The fourth-order valence-corrected chi connectivity index (χ4v) is 3.57. The Hall–Kier alpha value is -0.860. The van der Waals surface area contributed by atoms with Crippen molar-refractivity contribution in [1.29, 1.82) is 0 Å². The molecule has 0 N–H and O–H groups in total. The summed E-state index contributed by atoms with van der Waals surface area (Å²) in [7, 11) is 0. The van der Waals surface area contributed by atoms with Crippen molar-refractivity contribution < 1.29 is 14.3 Å². The summed E-state index contributed by atoms with van der Waals surface area (Å²) in [5, 5.41) is 0. The van der Waals surface area contributed by atoms with Crippen LogP contribution in [0.2, 0.25) is 0 Å². The highest BCUT2D eigenvalue weighted by atomic mass is 16.5. The number of hydrogen-bond donors (Lipinski definition) is 0. The van der Waals surface area contributed by atoms with E-state index in [9.17, 15) is 9.59 Å². The largest absolute Gasteiger partial charge is 0.466 e. The lowest BCUT2D eigenvalue weighted by Gasteiger charge is -2.17. The van der Waals surface area contributed by atoms with Gasteiger partial charge in [0.05, 0.1) is 6.61 Å². The summed E-state index contributed by atoms with van der Waals surface area (Å²) in [6.45, 7) is 4.94. The Balaban J connectivity index is 2.15. The van der Waals surface area contributed by atoms with Gasteiger partial charge in [0.1, 0.15) is 5.78 Å². The Kier molecular flexibility index (Phi) is 11.0. The van der Waals surface area contributed by atoms with Crippen molar-refractivity contribution in [2.75, 3.05) is 6.61 Å². The first-order valence-corrected chi connectivity index (χ1v) is 9.87. The monoisotopic (exact) mass is 324 g/mol. The van der Waals surface area contributed by atoms with E-state index in [4.69, 9.17) is 4.74 Å². The molecule has 1 rings (SSSR count). The van der Waals surface area contributed by atoms with Crippen molar-refractivity contribution in [1.82, 2.24) is 0 Å². The molecule has 1 aliphatic carbocycles. The maximum absolute atomic E-state index is 12.0. The highest BCUT2D eigenvalue weighted by Gasteiger charge is 2.35.